The standard InChI is InChI=1S/C9H14N2S/c1-2-9(3-4-9)7-11-8-10-5-6-12-8/h5-6H,2-4,7H2,1H3,(H,10,11). The number of nitrogens with one attached hydrogen (secondary N) is 1. The van der Waals surface area contributed by atoms with Gasteiger partial charge in [0.05, 0.1) is 0 Å². The highest BCUT2D eigenvalue weighted by Gasteiger charge is 2.40. The van der Waals surface area contributed by atoms with Crippen LogP contribution in [-0.4, -0.2) is 11.5 Å². The fraction of sp³-hybridized carbons (Fsp3) is 0.667. The molecule has 1 heterocycles. The first-order valence-corrected chi connectivity index (χ1v) is 5.36. The first-order chi connectivity index (χ1) is 5.85. The number of rotatable bonds is 4. The molecule has 0 spiro atoms. The van der Waals surface area contributed by atoms with Gasteiger partial charge in [-0.2, -0.15) is 0 Å². The molecular formula is C9H14N2S. The lowest BCUT2D eigenvalue weighted by molar-refractivity contribution is 0.521. The lowest BCUT2D eigenvalue weighted by Gasteiger charge is -2.11. The van der Waals surface area contributed by atoms with Gasteiger partial charge in [0.1, 0.15) is 0 Å². The van der Waals surface area contributed by atoms with Gasteiger partial charge >= 0.3 is 0 Å². The fourth-order valence-corrected chi connectivity index (χ4v) is 1.93. The summed E-state index contributed by atoms with van der Waals surface area (Å²) in [6, 6.07) is 0. The molecule has 12 heavy (non-hydrogen) atoms. The van der Waals surface area contributed by atoms with E-state index in [9.17, 15) is 0 Å². The van der Waals surface area contributed by atoms with E-state index in [1.54, 1.807) is 11.3 Å². The Hall–Kier alpha value is -0.570. The number of nitrogens with zero attached hydrogens (tertiary/aromatic N) is 1. The van der Waals surface area contributed by atoms with Crippen molar-refractivity contribution in [1.82, 2.24) is 4.98 Å². The van der Waals surface area contributed by atoms with Gasteiger partial charge < -0.3 is 5.32 Å². The van der Waals surface area contributed by atoms with Crippen LogP contribution in [0.2, 0.25) is 0 Å². The van der Waals surface area contributed by atoms with E-state index < -0.39 is 0 Å². The molecule has 0 amide bonds. The Morgan fingerprint density at radius 2 is 2.50 bits per heavy atom. The molecule has 1 aliphatic rings. The average Bonchev–Trinajstić information content (AvgIpc) is 2.70. The van der Waals surface area contributed by atoms with Crippen LogP contribution in [-0.2, 0) is 0 Å². The van der Waals surface area contributed by atoms with E-state index in [0.29, 0.717) is 5.41 Å². The molecule has 0 aliphatic heterocycles. The Bertz CT molecular complexity index is 239. The molecule has 1 aromatic heterocycles. The van der Waals surface area contributed by atoms with E-state index in [1.165, 1.54) is 19.3 Å². The Balaban J connectivity index is 1.83. The fourth-order valence-electron chi connectivity index (χ4n) is 1.41. The largest absolute Gasteiger partial charge is 0.361 e. The zero-order chi connectivity index (χ0) is 8.44. The molecule has 66 valence electrons. The average molecular weight is 182 g/mol. The molecule has 0 unspecified atom stereocenters. The second-order valence-electron chi connectivity index (χ2n) is 3.54. The number of hydrogen-bond donors (Lipinski definition) is 1. The Kier molecular flexibility index (Phi) is 2.05. The van der Waals surface area contributed by atoms with Gasteiger partial charge in [-0.25, -0.2) is 4.98 Å². The van der Waals surface area contributed by atoms with E-state index in [-0.39, 0.29) is 0 Å². The lowest BCUT2D eigenvalue weighted by atomic mass is 10.0. The minimum atomic E-state index is 0.617. The van der Waals surface area contributed by atoms with Crippen molar-refractivity contribution in [2.45, 2.75) is 26.2 Å². The maximum Gasteiger partial charge on any atom is 0.182 e. The van der Waals surface area contributed by atoms with Crippen molar-refractivity contribution >= 4 is 16.5 Å². The number of thiazole rings is 1. The Morgan fingerprint density at radius 1 is 1.67 bits per heavy atom. The molecule has 0 saturated heterocycles. The van der Waals surface area contributed by atoms with Gasteiger partial charge in [0, 0.05) is 18.1 Å². The van der Waals surface area contributed by atoms with Crippen molar-refractivity contribution in [3.63, 3.8) is 0 Å². The molecule has 1 aromatic rings. The molecule has 0 radical (unpaired) electrons. The quantitative estimate of drug-likeness (QED) is 0.774. The second-order valence-corrected chi connectivity index (χ2v) is 4.44. The molecule has 1 N–H and O–H groups in total. The normalized spacial score (nSPS) is 19.1. The minimum Gasteiger partial charge on any atom is -0.361 e. The molecule has 1 aliphatic carbocycles. The van der Waals surface area contributed by atoms with Crippen LogP contribution in [0.4, 0.5) is 5.13 Å². The van der Waals surface area contributed by atoms with Gasteiger partial charge in [-0.05, 0) is 24.7 Å². The summed E-state index contributed by atoms with van der Waals surface area (Å²) >= 11 is 1.68. The predicted octanol–water partition coefficient (Wildman–Crippen LogP) is 2.75. The molecule has 0 atom stereocenters. The van der Waals surface area contributed by atoms with Crippen LogP contribution in [0.1, 0.15) is 26.2 Å². The van der Waals surface area contributed by atoms with Gasteiger partial charge in [0.2, 0.25) is 0 Å². The van der Waals surface area contributed by atoms with Crippen LogP contribution >= 0.6 is 11.3 Å². The monoisotopic (exact) mass is 182 g/mol. The smallest absolute Gasteiger partial charge is 0.182 e. The summed E-state index contributed by atoms with van der Waals surface area (Å²) in [5, 5.41) is 6.46. The topological polar surface area (TPSA) is 24.9 Å². The van der Waals surface area contributed by atoms with Crippen LogP contribution in [0.5, 0.6) is 0 Å². The van der Waals surface area contributed by atoms with Gasteiger partial charge in [0.15, 0.2) is 5.13 Å². The van der Waals surface area contributed by atoms with Gasteiger partial charge in [-0.3, -0.25) is 0 Å². The van der Waals surface area contributed by atoms with Crippen LogP contribution in [0, 0.1) is 5.41 Å². The SMILES string of the molecule is CCC1(CNc2nccs2)CC1. The van der Waals surface area contributed by atoms with E-state index in [4.69, 9.17) is 0 Å². The highest BCUT2D eigenvalue weighted by molar-refractivity contribution is 7.13. The highest BCUT2D eigenvalue weighted by Crippen LogP contribution is 2.48. The number of anilines is 1. The van der Waals surface area contributed by atoms with Crippen LogP contribution < -0.4 is 5.32 Å². The van der Waals surface area contributed by atoms with Crippen LogP contribution in [0.15, 0.2) is 11.6 Å². The van der Waals surface area contributed by atoms with Crippen molar-refractivity contribution < 1.29 is 0 Å². The van der Waals surface area contributed by atoms with Crippen LogP contribution in [0.3, 0.4) is 0 Å². The molecule has 1 fully saturated rings. The third-order valence-corrected chi connectivity index (χ3v) is 3.48. The molecule has 2 rings (SSSR count). The molecule has 2 nitrogen and oxygen atoms in total. The zero-order valence-electron chi connectivity index (χ0n) is 7.34. The zero-order valence-corrected chi connectivity index (χ0v) is 8.16. The van der Waals surface area contributed by atoms with Crippen molar-refractivity contribution in [2.75, 3.05) is 11.9 Å². The van der Waals surface area contributed by atoms with Crippen molar-refractivity contribution in [3.05, 3.63) is 11.6 Å². The summed E-state index contributed by atoms with van der Waals surface area (Å²) in [5.74, 6) is 0. The number of aromatic nitrogens is 1. The maximum absolute atomic E-state index is 4.19. The first kappa shape index (κ1) is 8.05. The third kappa shape index (κ3) is 1.61. The van der Waals surface area contributed by atoms with E-state index in [1.807, 2.05) is 11.6 Å². The predicted molar refractivity (Wildman–Crippen MR) is 52.6 cm³/mol. The third-order valence-electron chi connectivity index (χ3n) is 2.75. The summed E-state index contributed by atoms with van der Waals surface area (Å²) in [6.07, 6.45) is 5.92. The summed E-state index contributed by atoms with van der Waals surface area (Å²) in [4.78, 5) is 4.19. The first-order valence-electron chi connectivity index (χ1n) is 4.48. The van der Waals surface area contributed by atoms with Crippen molar-refractivity contribution in [3.8, 4) is 0 Å². The molecular weight excluding hydrogens is 168 g/mol. The lowest BCUT2D eigenvalue weighted by Crippen LogP contribution is -2.13. The molecule has 0 aromatic carbocycles. The maximum atomic E-state index is 4.19. The van der Waals surface area contributed by atoms with E-state index >= 15 is 0 Å². The minimum absolute atomic E-state index is 0.617. The Morgan fingerprint density at radius 3 is 3.00 bits per heavy atom. The summed E-state index contributed by atoms with van der Waals surface area (Å²) < 4.78 is 0. The van der Waals surface area contributed by atoms with Gasteiger partial charge in [-0.1, -0.05) is 6.92 Å². The summed E-state index contributed by atoms with van der Waals surface area (Å²) in [5.41, 5.74) is 0.617. The van der Waals surface area contributed by atoms with E-state index in [2.05, 4.69) is 17.2 Å². The van der Waals surface area contributed by atoms with Gasteiger partial charge in [0.25, 0.3) is 0 Å². The Labute approximate surface area is 77.0 Å². The van der Waals surface area contributed by atoms with E-state index in [0.717, 1.165) is 11.7 Å². The number of hydrogen-bond acceptors (Lipinski definition) is 3. The molecule has 1 saturated carbocycles. The van der Waals surface area contributed by atoms with Crippen molar-refractivity contribution in [2.24, 2.45) is 5.41 Å². The highest BCUT2D eigenvalue weighted by atomic mass is 32.1. The summed E-state index contributed by atoms with van der Waals surface area (Å²) in [7, 11) is 0. The van der Waals surface area contributed by atoms with Crippen LogP contribution in [0.25, 0.3) is 0 Å². The second kappa shape index (κ2) is 3.05. The summed E-state index contributed by atoms with van der Waals surface area (Å²) in [6.45, 7) is 3.38. The molecule has 0 bridgehead atoms. The van der Waals surface area contributed by atoms with Gasteiger partial charge in [-0.15, -0.1) is 11.3 Å². The van der Waals surface area contributed by atoms with Crippen molar-refractivity contribution in [1.29, 1.82) is 0 Å². The molecule has 3 heteroatoms.